The van der Waals surface area contributed by atoms with E-state index >= 15 is 0 Å². The van der Waals surface area contributed by atoms with Gasteiger partial charge in [-0.25, -0.2) is 4.98 Å². The number of hydrogen-bond acceptors (Lipinski definition) is 3. The summed E-state index contributed by atoms with van der Waals surface area (Å²) in [6.07, 6.45) is 0. The molecule has 2 aromatic rings. The van der Waals surface area contributed by atoms with Crippen LogP contribution in [-0.2, 0) is 11.3 Å². The topological polar surface area (TPSA) is 55.0 Å². The standard InChI is InChI=1S/C14H15BrN2O2/c1-8-4-5-9(2)10(6-8)13-16-11(7-19-3)12(15)14(18)17-13/h4-6H,7H2,1-3H3,(H,16,17,18). The Morgan fingerprint density at radius 2 is 2.11 bits per heavy atom. The fraction of sp³-hybridized carbons (Fsp3) is 0.286. The van der Waals surface area contributed by atoms with Crippen LogP contribution >= 0.6 is 15.9 Å². The summed E-state index contributed by atoms with van der Waals surface area (Å²) in [6, 6.07) is 6.06. The SMILES string of the molecule is COCc1nc(-c2cc(C)ccc2C)[nH]c(=O)c1Br. The molecule has 0 fully saturated rings. The zero-order valence-electron chi connectivity index (χ0n) is 11.1. The van der Waals surface area contributed by atoms with Gasteiger partial charge in [0.2, 0.25) is 0 Å². The molecule has 0 unspecified atom stereocenters. The van der Waals surface area contributed by atoms with Crippen LogP contribution < -0.4 is 5.56 Å². The first kappa shape index (κ1) is 14.0. The number of halogens is 1. The van der Waals surface area contributed by atoms with E-state index in [9.17, 15) is 4.79 Å². The summed E-state index contributed by atoms with van der Waals surface area (Å²) in [5, 5.41) is 0. The number of rotatable bonds is 3. The van der Waals surface area contributed by atoms with Gasteiger partial charge in [0.25, 0.3) is 5.56 Å². The van der Waals surface area contributed by atoms with Crippen LogP contribution in [0.2, 0.25) is 0 Å². The summed E-state index contributed by atoms with van der Waals surface area (Å²) in [4.78, 5) is 19.2. The van der Waals surface area contributed by atoms with Crippen LogP contribution in [0.15, 0.2) is 27.5 Å². The number of benzene rings is 1. The Morgan fingerprint density at radius 1 is 1.37 bits per heavy atom. The van der Waals surface area contributed by atoms with Gasteiger partial charge < -0.3 is 9.72 Å². The second kappa shape index (κ2) is 5.67. The second-order valence-corrected chi connectivity index (χ2v) is 5.22. The Labute approximate surface area is 120 Å². The molecular formula is C14H15BrN2O2. The monoisotopic (exact) mass is 322 g/mol. The van der Waals surface area contributed by atoms with Crippen LogP contribution in [0.1, 0.15) is 16.8 Å². The molecule has 0 saturated heterocycles. The molecule has 2 rings (SSSR count). The Hall–Kier alpha value is -1.46. The molecule has 0 bridgehead atoms. The van der Waals surface area contributed by atoms with Crippen molar-refractivity contribution in [1.82, 2.24) is 9.97 Å². The maximum atomic E-state index is 11.9. The first-order valence-electron chi connectivity index (χ1n) is 5.88. The lowest BCUT2D eigenvalue weighted by atomic mass is 10.1. The van der Waals surface area contributed by atoms with E-state index in [1.165, 1.54) is 0 Å². The number of ether oxygens (including phenoxy) is 1. The van der Waals surface area contributed by atoms with E-state index < -0.39 is 0 Å². The van der Waals surface area contributed by atoms with Gasteiger partial charge in [-0.2, -0.15) is 0 Å². The van der Waals surface area contributed by atoms with E-state index in [1.807, 2.05) is 32.0 Å². The van der Waals surface area contributed by atoms with E-state index in [2.05, 4.69) is 25.9 Å². The molecule has 0 aliphatic rings. The average molecular weight is 323 g/mol. The Balaban J connectivity index is 2.62. The fourth-order valence-electron chi connectivity index (χ4n) is 1.86. The molecular weight excluding hydrogens is 308 g/mol. The lowest BCUT2D eigenvalue weighted by Gasteiger charge is -2.09. The van der Waals surface area contributed by atoms with E-state index in [0.29, 0.717) is 22.6 Å². The van der Waals surface area contributed by atoms with Crippen molar-refractivity contribution < 1.29 is 4.74 Å². The molecule has 1 aromatic carbocycles. The predicted octanol–water partition coefficient (Wildman–Crippen LogP) is 2.96. The molecule has 1 aromatic heterocycles. The molecule has 1 heterocycles. The molecule has 0 saturated carbocycles. The maximum Gasteiger partial charge on any atom is 0.265 e. The highest BCUT2D eigenvalue weighted by Gasteiger charge is 2.11. The van der Waals surface area contributed by atoms with E-state index in [1.54, 1.807) is 7.11 Å². The zero-order chi connectivity index (χ0) is 14.0. The van der Waals surface area contributed by atoms with Crippen LogP contribution in [0.4, 0.5) is 0 Å². The number of aryl methyl sites for hydroxylation is 2. The van der Waals surface area contributed by atoms with E-state index in [4.69, 9.17) is 4.74 Å². The minimum absolute atomic E-state index is 0.196. The van der Waals surface area contributed by atoms with Gasteiger partial charge in [0.1, 0.15) is 10.3 Å². The highest BCUT2D eigenvalue weighted by Crippen LogP contribution is 2.22. The largest absolute Gasteiger partial charge is 0.378 e. The molecule has 1 N–H and O–H groups in total. The van der Waals surface area contributed by atoms with Gasteiger partial charge in [0, 0.05) is 12.7 Å². The molecule has 0 aliphatic heterocycles. The van der Waals surface area contributed by atoms with Crippen LogP contribution in [0.5, 0.6) is 0 Å². The third-order valence-corrected chi connectivity index (χ3v) is 3.68. The predicted molar refractivity (Wildman–Crippen MR) is 78.2 cm³/mol. The second-order valence-electron chi connectivity index (χ2n) is 4.43. The summed E-state index contributed by atoms with van der Waals surface area (Å²) in [5.41, 5.74) is 3.53. The molecule has 0 radical (unpaired) electrons. The molecule has 5 heteroatoms. The fourth-order valence-corrected chi connectivity index (χ4v) is 2.16. The lowest BCUT2D eigenvalue weighted by Crippen LogP contribution is -2.14. The zero-order valence-corrected chi connectivity index (χ0v) is 12.7. The van der Waals surface area contributed by atoms with Crippen molar-refractivity contribution in [3.8, 4) is 11.4 Å². The Bertz CT molecular complexity index is 665. The molecule has 0 aliphatic carbocycles. The molecule has 0 amide bonds. The number of nitrogens with one attached hydrogen (secondary N) is 1. The lowest BCUT2D eigenvalue weighted by molar-refractivity contribution is 0.180. The minimum Gasteiger partial charge on any atom is -0.378 e. The van der Waals surface area contributed by atoms with Crippen LogP contribution in [0, 0.1) is 13.8 Å². The van der Waals surface area contributed by atoms with Gasteiger partial charge in [0.15, 0.2) is 0 Å². The third-order valence-electron chi connectivity index (χ3n) is 2.86. The number of methoxy groups -OCH3 is 1. The van der Waals surface area contributed by atoms with Crippen molar-refractivity contribution in [2.75, 3.05) is 7.11 Å². The van der Waals surface area contributed by atoms with Gasteiger partial charge >= 0.3 is 0 Å². The van der Waals surface area contributed by atoms with Crippen molar-refractivity contribution in [1.29, 1.82) is 0 Å². The highest BCUT2D eigenvalue weighted by atomic mass is 79.9. The van der Waals surface area contributed by atoms with Crippen molar-refractivity contribution in [2.24, 2.45) is 0 Å². The van der Waals surface area contributed by atoms with Crippen molar-refractivity contribution in [2.45, 2.75) is 20.5 Å². The molecule has 4 nitrogen and oxygen atoms in total. The summed E-state index contributed by atoms with van der Waals surface area (Å²) in [5.74, 6) is 0.571. The third kappa shape index (κ3) is 2.93. The van der Waals surface area contributed by atoms with Crippen LogP contribution in [0.25, 0.3) is 11.4 Å². The van der Waals surface area contributed by atoms with Crippen LogP contribution in [-0.4, -0.2) is 17.1 Å². The summed E-state index contributed by atoms with van der Waals surface area (Å²) >= 11 is 3.23. The van der Waals surface area contributed by atoms with Crippen molar-refractivity contribution in [3.05, 3.63) is 49.8 Å². The molecule has 0 spiro atoms. The average Bonchev–Trinajstić information content (AvgIpc) is 2.38. The number of nitrogens with zero attached hydrogens (tertiary/aromatic N) is 1. The van der Waals surface area contributed by atoms with Crippen molar-refractivity contribution >= 4 is 15.9 Å². The Kier molecular flexibility index (Phi) is 4.17. The first-order valence-corrected chi connectivity index (χ1v) is 6.67. The summed E-state index contributed by atoms with van der Waals surface area (Å²) < 4.78 is 5.48. The highest BCUT2D eigenvalue weighted by molar-refractivity contribution is 9.10. The van der Waals surface area contributed by atoms with Gasteiger partial charge in [-0.05, 0) is 41.4 Å². The number of H-pyrrole nitrogens is 1. The summed E-state index contributed by atoms with van der Waals surface area (Å²) in [6.45, 7) is 4.30. The van der Waals surface area contributed by atoms with Gasteiger partial charge in [-0.3, -0.25) is 4.79 Å². The molecule has 19 heavy (non-hydrogen) atoms. The van der Waals surface area contributed by atoms with E-state index in [-0.39, 0.29) is 5.56 Å². The van der Waals surface area contributed by atoms with Gasteiger partial charge in [-0.15, -0.1) is 0 Å². The van der Waals surface area contributed by atoms with Gasteiger partial charge in [-0.1, -0.05) is 17.7 Å². The Morgan fingerprint density at radius 3 is 2.79 bits per heavy atom. The van der Waals surface area contributed by atoms with Gasteiger partial charge in [0.05, 0.1) is 12.3 Å². The number of aromatic amines is 1. The molecule has 0 atom stereocenters. The maximum absolute atomic E-state index is 11.9. The normalized spacial score (nSPS) is 10.7. The molecule has 100 valence electrons. The number of hydrogen-bond donors (Lipinski definition) is 1. The smallest absolute Gasteiger partial charge is 0.265 e. The number of aromatic nitrogens is 2. The minimum atomic E-state index is -0.196. The first-order chi connectivity index (χ1) is 9.02. The summed E-state index contributed by atoms with van der Waals surface area (Å²) in [7, 11) is 1.58. The van der Waals surface area contributed by atoms with Crippen molar-refractivity contribution in [3.63, 3.8) is 0 Å². The van der Waals surface area contributed by atoms with Crippen LogP contribution in [0.3, 0.4) is 0 Å². The quantitative estimate of drug-likeness (QED) is 0.945. The van der Waals surface area contributed by atoms with E-state index in [0.717, 1.165) is 16.7 Å².